The third-order valence-electron chi connectivity index (χ3n) is 6.19. The molecule has 0 spiro atoms. The third kappa shape index (κ3) is 3.76. The lowest BCUT2D eigenvalue weighted by molar-refractivity contribution is -0.626. The molecule has 4 aliphatic rings. The monoisotopic (exact) mass is 393 g/mol. The highest BCUT2D eigenvalue weighted by molar-refractivity contribution is 5.81. The second kappa shape index (κ2) is 7.94. The first-order valence-corrected chi connectivity index (χ1v) is 10.7. The molecule has 0 unspecified atom stereocenters. The minimum atomic E-state index is 0.379. The lowest BCUT2D eigenvalue weighted by atomic mass is 9.91. The number of hydrogen-bond acceptors (Lipinski definition) is 7. The molecule has 4 heterocycles. The number of nitrogens with one attached hydrogen (secondary N) is 1. The first kappa shape index (κ1) is 18.3. The standard InChI is InChI=1S/C21H28N8/c1-15-17(16-8-2-3-9-18(16)23-15)14-22-27-19-24-20(28-10-4-5-11-28)26-21(25-19)29-12-6-7-13-29/h2-3,8-9,14,16,18,23H,4-7,10-13H2,1H3,(H,24,25,26,27)/p+1/b22-14-/t16-,18-/m1/s1. The van der Waals surface area contributed by atoms with Crippen LogP contribution in [0, 0.1) is 5.92 Å². The van der Waals surface area contributed by atoms with E-state index in [9.17, 15) is 0 Å². The van der Waals surface area contributed by atoms with Crippen LogP contribution in [0.4, 0.5) is 17.8 Å². The summed E-state index contributed by atoms with van der Waals surface area (Å²) in [5.74, 6) is 2.43. The summed E-state index contributed by atoms with van der Waals surface area (Å²) < 4.78 is 0. The van der Waals surface area contributed by atoms with Gasteiger partial charge in [0.2, 0.25) is 17.8 Å². The summed E-state index contributed by atoms with van der Waals surface area (Å²) in [6.07, 6.45) is 15.4. The van der Waals surface area contributed by atoms with Gasteiger partial charge in [-0.2, -0.15) is 20.1 Å². The molecule has 1 aromatic heterocycles. The van der Waals surface area contributed by atoms with E-state index in [1.165, 1.54) is 37.0 Å². The second-order valence-electron chi connectivity index (χ2n) is 8.20. The van der Waals surface area contributed by atoms with Crippen molar-refractivity contribution in [3.63, 3.8) is 0 Å². The van der Waals surface area contributed by atoms with Crippen molar-refractivity contribution in [3.05, 3.63) is 35.6 Å². The van der Waals surface area contributed by atoms with Crippen molar-refractivity contribution < 1.29 is 5.32 Å². The fourth-order valence-corrected chi connectivity index (χ4v) is 4.61. The zero-order chi connectivity index (χ0) is 19.6. The van der Waals surface area contributed by atoms with Gasteiger partial charge in [0.05, 0.1) is 12.1 Å². The molecule has 152 valence electrons. The highest BCUT2D eigenvalue weighted by atomic mass is 15.4. The van der Waals surface area contributed by atoms with Crippen LogP contribution in [0.3, 0.4) is 0 Å². The summed E-state index contributed by atoms with van der Waals surface area (Å²) in [7, 11) is 0. The quantitative estimate of drug-likeness (QED) is 0.581. The fraction of sp³-hybridized carbons (Fsp3) is 0.524. The molecule has 0 radical (unpaired) electrons. The molecule has 0 saturated carbocycles. The molecule has 8 nitrogen and oxygen atoms in total. The SMILES string of the molecule is CC1=C(/C=N\Nc2nc(N3CCCC3)nc(N3CCCC3)n2)[C@H]2C=CC=C[C@H]2[NH2+]1. The number of aromatic nitrogens is 3. The molecule has 3 aliphatic heterocycles. The van der Waals surface area contributed by atoms with E-state index in [0.717, 1.165) is 38.1 Å². The molecule has 2 atom stereocenters. The Balaban J connectivity index is 1.36. The number of rotatable bonds is 5. The van der Waals surface area contributed by atoms with Crippen molar-refractivity contribution in [2.75, 3.05) is 41.4 Å². The first-order valence-electron chi connectivity index (χ1n) is 10.7. The number of nitrogens with zero attached hydrogens (tertiary/aromatic N) is 6. The van der Waals surface area contributed by atoms with E-state index in [-0.39, 0.29) is 0 Å². The van der Waals surface area contributed by atoms with Crippen molar-refractivity contribution >= 4 is 24.1 Å². The van der Waals surface area contributed by atoms with Gasteiger partial charge < -0.3 is 15.1 Å². The van der Waals surface area contributed by atoms with Crippen LogP contribution >= 0.6 is 0 Å². The van der Waals surface area contributed by atoms with Crippen molar-refractivity contribution in [1.82, 2.24) is 15.0 Å². The van der Waals surface area contributed by atoms with Crippen molar-refractivity contribution in [2.45, 2.75) is 38.6 Å². The van der Waals surface area contributed by atoms with E-state index in [2.05, 4.69) is 66.8 Å². The maximum atomic E-state index is 4.76. The summed E-state index contributed by atoms with van der Waals surface area (Å²) in [4.78, 5) is 18.6. The van der Waals surface area contributed by atoms with E-state index in [1.807, 2.05) is 6.21 Å². The maximum absolute atomic E-state index is 4.76. The second-order valence-corrected chi connectivity index (χ2v) is 8.20. The Hall–Kier alpha value is -2.74. The summed E-state index contributed by atoms with van der Waals surface area (Å²) in [5, 5.41) is 6.81. The molecule has 5 rings (SSSR count). The van der Waals surface area contributed by atoms with Gasteiger partial charge in [0.15, 0.2) is 0 Å². The van der Waals surface area contributed by atoms with E-state index < -0.39 is 0 Å². The van der Waals surface area contributed by atoms with Gasteiger partial charge in [0.1, 0.15) is 11.7 Å². The Bertz CT molecular complexity index is 840. The molecular formula is C21H29N8+. The van der Waals surface area contributed by atoms with Gasteiger partial charge in [-0.3, -0.25) is 0 Å². The lowest BCUT2D eigenvalue weighted by Crippen LogP contribution is -2.85. The Kier molecular flexibility index (Phi) is 5.01. The maximum Gasteiger partial charge on any atom is 0.250 e. The molecule has 1 aromatic rings. The highest BCUT2D eigenvalue weighted by Gasteiger charge is 2.33. The molecule has 0 bridgehead atoms. The van der Waals surface area contributed by atoms with Gasteiger partial charge in [0, 0.05) is 38.7 Å². The van der Waals surface area contributed by atoms with E-state index in [1.54, 1.807) is 0 Å². The van der Waals surface area contributed by atoms with E-state index in [4.69, 9.17) is 4.98 Å². The van der Waals surface area contributed by atoms with Crippen LogP contribution in [-0.4, -0.2) is 53.4 Å². The van der Waals surface area contributed by atoms with Crippen molar-refractivity contribution in [3.8, 4) is 0 Å². The van der Waals surface area contributed by atoms with Gasteiger partial charge in [-0.05, 0) is 31.8 Å². The van der Waals surface area contributed by atoms with Gasteiger partial charge >= 0.3 is 0 Å². The summed E-state index contributed by atoms with van der Waals surface area (Å²) >= 11 is 0. The average molecular weight is 394 g/mol. The molecule has 2 fully saturated rings. The number of anilines is 3. The number of hydrazone groups is 1. The normalized spacial score (nSPS) is 26.2. The number of fused-ring (bicyclic) bond motifs is 1. The summed E-state index contributed by atoms with van der Waals surface area (Å²) in [5.41, 5.74) is 5.61. The van der Waals surface area contributed by atoms with Gasteiger partial charge in [-0.1, -0.05) is 18.2 Å². The van der Waals surface area contributed by atoms with Crippen molar-refractivity contribution in [2.24, 2.45) is 11.0 Å². The number of allylic oxidation sites excluding steroid dienone is 3. The zero-order valence-electron chi connectivity index (χ0n) is 17.0. The molecule has 2 saturated heterocycles. The van der Waals surface area contributed by atoms with Gasteiger partial charge in [-0.25, -0.2) is 5.43 Å². The lowest BCUT2D eigenvalue weighted by Gasteiger charge is -2.20. The molecule has 0 amide bonds. The van der Waals surface area contributed by atoms with Gasteiger partial charge in [-0.15, -0.1) is 0 Å². The Labute approximate surface area is 171 Å². The largest absolute Gasteiger partial charge is 0.341 e. The molecular weight excluding hydrogens is 364 g/mol. The van der Waals surface area contributed by atoms with Crippen LogP contribution in [0.25, 0.3) is 0 Å². The fourth-order valence-electron chi connectivity index (χ4n) is 4.61. The van der Waals surface area contributed by atoms with E-state index in [0.29, 0.717) is 17.9 Å². The topological polar surface area (TPSA) is 86.2 Å². The van der Waals surface area contributed by atoms with Crippen LogP contribution in [0.15, 0.2) is 40.7 Å². The first-order chi connectivity index (χ1) is 14.3. The molecule has 1 aliphatic carbocycles. The molecule has 3 N–H and O–H groups in total. The minimum absolute atomic E-state index is 0.379. The Morgan fingerprint density at radius 3 is 2.24 bits per heavy atom. The molecule has 0 aromatic carbocycles. The highest BCUT2D eigenvalue weighted by Crippen LogP contribution is 2.25. The average Bonchev–Trinajstić information content (AvgIpc) is 3.50. The summed E-state index contributed by atoms with van der Waals surface area (Å²) in [6, 6.07) is 0.446. The zero-order valence-corrected chi connectivity index (χ0v) is 17.0. The molecule has 29 heavy (non-hydrogen) atoms. The van der Waals surface area contributed by atoms with Crippen LogP contribution in [-0.2, 0) is 0 Å². The van der Waals surface area contributed by atoms with Crippen molar-refractivity contribution in [1.29, 1.82) is 0 Å². The van der Waals surface area contributed by atoms with Crippen LogP contribution in [0.2, 0.25) is 0 Å². The summed E-state index contributed by atoms with van der Waals surface area (Å²) in [6.45, 7) is 6.20. The third-order valence-corrected chi connectivity index (χ3v) is 6.19. The van der Waals surface area contributed by atoms with Crippen LogP contribution in [0.1, 0.15) is 32.6 Å². The smallest absolute Gasteiger partial charge is 0.250 e. The predicted octanol–water partition coefficient (Wildman–Crippen LogP) is 1.43. The Morgan fingerprint density at radius 1 is 0.966 bits per heavy atom. The van der Waals surface area contributed by atoms with Crippen LogP contribution in [0.5, 0.6) is 0 Å². The Morgan fingerprint density at radius 2 is 1.59 bits per heavy atom. The predicted molar refractivity (Wildman–Crippen MR) is 115 cm³/mol. The van der Waals surface area contributed by atoms with Gasteiger partial charge in [0.25, 0.3) is 0 Å². The number of nitrogens with two attached hydrogens (primary N) is 1. The number of hydrogen-bond donors (Lipinski definition) is 2. The van der Waals surface area contributed by atoms with Crippen LogP contribution < -0.4 is 20.5 Å². The molecule has 8 heteroatoms. The number of quaternary nitrogens is 1. The minimum Gasteiger partial charge on any atom is -0.341 e. The van der Waals surface area contributed by atoms with E-state index >= 15 is 0 Å².